The second kappa shape index (κ2) is 6.10. The fraction of sp³-hybridized carbons (Fsp3) is 0.143. The summed E-state index contributed by atoms with van der Waals surface area (Å²) in [6.45, 7) is 0.377. The van der Waals surface area contributed by atoms with Crippen LogP contribution in [0.4, 0.5) is 18.9 Å². The summed E-state index contributed by atoms with van der Waals surface area (Å²) in [4.78, 5) is 0. The van der Waals surface area contributed by atoms with E-state index < -0.39 is 6.43 Å². The van der Waals surface area contributed by atoms with Crippen LogP contribution in [0.25, 0.3) is 0 Å². The second-order valence-electron chi connectivity index (χ2n) is 4.02. The zero-order valence-corrected chi connectivity index (χ0v) is 11.4. The van der Waals surface area contributed by atoms with Crippen molar-refractivity contribution in [3.63, 3.8) is 0 Å². The van der Waals surface area contributed by atoms with Crippen LogP contribution in [0.1, 0.15) is 17.6 Å². The monoisotopic (exact) mass is 329 g/mol. The maximum absolute atomic E-state index is 13.5. The Balaban J connectivity index is 2.02. The van der Waals surface area contributed by atoms with Crippen molar-refractivity contribution >= 4 is 21.6 Å². The number of anilines is 1. The first-order chi connectivity index (χ1) is 9.06. The first-order valence-electron chi connectivity index (χ1n) is 5.62. The van der Waals surface area contributed by atoms with Crippen molar-refractivity contribution in [2.24, 2.45) is 0 Å². The summed E-state index contributed by atoms with van der Waals surface area (Å²) in [5.41, 5.74) is 1.17. The molecule has 0 atom stereocenters. The van der Waals surface area contributed by atoms with Gasteiger partial charge in [0.25, 0.3) is 6.43 Å². The highest BCUT2D eigenvalue weighted by atomic mass is 79.9. The zero-order valence-electron chi connectivity index (χ0n) is 9.84. The summed E-state index contributed by atoms with van der Waals surface area (Å²) in [5, 5.41) is 2.92. The maximum Gasteiger partial charge on any atom is 0.263 e. The fourth-order valence-corrected chi connectivity index (χ4v) is 1.94. The number of alkyl halides is 2. The van der Waals surface area contributed by atoms with Gasteiger partial charge in [0.1, 0.15) is 5.82 Å². The van der Waals surface area contributed by atoms with Crippen LogP contribution in [0.2, 0.25) is 0 Å². The Morgan fingerprint density at radius 3 is 2.32 bits per heavy atom. The number of halogens is 4. The predicted molar refractivity (Wildman–Crippen MR) is 72.8 cm³/mol. The third-order valence-corrected chi connectivity index (χ3v) is 3.14. The molecule has 0 aliphatic heterocycles. The van der Waals surface area contributed by atoms with Gasteiger partial charge in [0.15, 0.2) is 0 Å². The summed E-state index contributed by atoms with van der Waals surface area (Å²) in [7, 11) is 0. The highest BCUT2D eigenvalue weighted by molar-refractivity contribution is 9.10. The van der Waals surface area contributed by atoms with Gasteiger partial charge < -0.3 is 5.32 Å². The Labute approximate surface area is 117 Å². The molecule has 0 amide bonds. The van der Waals surface area contributed by atoms with Crippen molar-refractivity contribution < 1.29 is 13.2 Å². The van der Waals surface area contributed by atoms with Crippen LogP contribution in [0, 0.1) is 5.82 Å². The van der Waals surface area contributed by atoms with Gasteiger partial charge in [-0.1, -0.05) is 40.2 Å². The molecule has 0 heterocycles. The molecule has 1 N–H and O–H groups in total. The van der Waals surface area contributed by atoms with E-state index in [4.69, 9.17) is 0 Å². The first kappa shape index (κ1) is 13.9. The van der Waals surface area contributed by atoms with Crippen molar-refractivity contribution in [2.75, 3.05) is 5.32 Å². The van der Waals surface area contributed by atoms with Gasteiger partial charge in [0.2, 0.25) is 0 Å². The van der Waals surface area contributed by atoms with E-state index in [-0.39, 0.29) is 11.4 Å². The van der Waals surface area contributed by atoms with Crippen molar-refractivity contribution in [2.45, 2.75) is 13.0 Å². The third-order valence-electron chi connectivity index (χ3n) is 2.65. The molecule has 5 heteroatoms. The molecule has 2 rings (SSSR count). The van der Waals surface area contributed by atoms with Gasteiger partial charge in [-0.15, -0.1) is 0 Å². The Kier molecular flexibility index (Phi) is 4.47. The minimum atomic E-state index is -2.47. The van der Waals surface area contributed by atoms with Crippen LogP contribution in [0.5, 0.6) is 0 Å². The van der Waals surface area contributed by atoms with Gasteiger partial charge >= 0.3 is 0 Å². The number of hydrogen-bond donors (Lipinski definition) is 1. The molecule has 0 aromatic heterocycles. The van der Waals surface area contributed by atoms with Gasteiger partial charge in [0.05, 0.1) is 5.69 Å². The van der Waals surface area contributed by atoms with Crippen molar-refractivity contribution in [3.8, 4) is 0 Å². The van der Waals surface area contributed by atoms with Crippen LogP contribution >= 0.6 is 15.9 Å². The molecule has 0 spiro atoms. The minimum Gasteiger partial charge on any atom is -0.379 e. The normalized spacial score (nSPS) is 10.8. The lowest BCUT2D eigenvalue weighted by Gasteiger charge is -2.08. The van der Waals surface area contributed by atoms with Crippen LogP contribution in [0.3, 0.4) is 0 Å². The fourth-order valence-electron chi connectivity index (χ4n) is 1.61. The predicted octanol–water partition coefficient (Wildman–Crippen LogP) is 5.14. The Morgan fingerprint density at radius 2 is 1.74 bits per heavy atom. The highest BCUT2D eigenvalue weighted by Crippen LogP contribution is 2.21. The summed E-state index contributed by atoms with van der Waals surface area (Å²) in [6, 6.07) is 10.7. The first-order valence-corrected chi connectivity index (χ1v) is 6.41. The Morgan fingerprint density at radius 1 is 1.05 bits per heavy atom. The second-order valence-corrected chi connectivity index (χ2v) is 4.94. The van der Waals surface area contributed by atoms with Gasteiger partial charge in [0, 0.05) is 16.6 Å². The molecule has 0 unspecified atom stereocenters. The number of rotatable bonds is 4. The standard InChI is InChI=1S/C14H11BrF3N/c15-11-5-6-13(12(16)7-11)19-8-9-1-3-10(4-2-9)14(17)18/h1-7,14,19H,8H2. The van der Waals surface area contributed by atoms with E-state index >= 15 is 0 Å². The zero-order chi connectivity index (χ0) is 13.8. The quantitative estimate of drug-likeness (QED) is 0.819. The topological polar surface area (TPSA) is 12.0 Å². The number of nitrogens with one attached hydrogen (secondary N) is 1. The van der Waals surface area contributed by atoms with E-state index in [0.717, 1.165) is 5.56 Å². The van der Waals surface area contributed by atoms with Crippen LogP contribution in [0.15, 0.2) is 46.9 Å². The van der Waals surface area contributed by atoms with Gasteiger partial charge in [-0.25, -0.2) is 13.2 Å². The van der Waals surface area contributed by atoms with Crippen LogP contribution in [-0.4, -0.2) is 0 Å². The molecule has 0 saturated heterocycles. The lowest BCUT2D eigenvalue weighted by atomic mass is 10.1. The van der Waals surface area contributed by atoms with Crippen molar-refractivity contribution in [3.05, 3.63) is 63.9 Å². The lowest BCUT2D eigenvalue weighted by molar-refractivity contribution is 0.151. The van der Waals surface area contributed by atoms with E-state index in [0.29, 0.717) is 16.7 Å². The van der Waals surface area contributed by atoms with E-state index in [1.165, 1.54) is 18.2 Å². The average molecular weight is 330 g/mol. The molecule has 0 aliphatic rings. The van der Waals surface area contributed by atoms with Crippen LogP contribution < -0.4 is 5.32 Å². The molecular formula is C14H11BrF3N. The van der Waals surface area contributed by atoms with Gasteiger partial charge in [-0.05, 0) is 23.8 Å². The minimum absolute atomic E-state index is 0.0152. The molecule has 0 radical (unpaired) electrons. The average Bonchev–Trinajstić information content (AvgIpc) is 2.38. The summed E-state index contributed by atoms with van der Waals surface area (Å²) >= 11 is 3.17. The molecular weight excluding hydrogens is 319 g/mol. The summed E-state index contributed by atoms with van der Waals surface area (Å²) < 4.78 is 38.9. The molecule has 2 aromatic rings. The Hall–Kier alpha value is -1.49. The highest BCUT2D eigenvalue weighted by Gasteiger charge is 2.06. The van der Waals surface area contributed by atoms with E-state index in [1.54, 1.807) is 24.3 Å². The number of hydrogen-bond acceptors (Lipinski definition) is 1. The molecule has 0 saturated carbocycles. The third kappa shape index (κ3) is 3.73. The van der Waals surface area contributed by atoms with E-state index in [9.17, 15) is 13.2 Å². The van der Waals surface area contributed by atoms with Crippen molar-refractivity contribution in [1.29, 1.82) is 0 Å². The molecule has 0 bridgehead atoms. The van der Waals surface area contributed by atoms with Crippen LogP contribution in [-0.2, 0) is 6.54 Å². The van der Waals surface area contributed by atoms with E-state index in [1.807, 2.05) is 0 Å². The largest absolute Gasteiger partial charge is 0.379 e. The molecule has 0 fully saturated rings. The summed E-state index contributed by atoms with van der Waals surface area (Å²) in [5.74, 6) is -0.362. The molecule has 100 valence electrons. The van der Waals surface area contributed by atoms with Crippen molar-refractivity contribution in [1.82, 2.24) is 0 Å². The Bertz CT molecular complexity index is 555. The van der Waals surface area contributed by atoms with Gasteiger partial charge in [-0.3, -0.25) is 0 Å². The molecule has 19 heavy (non-hydrogen) atoms. The molecule has 1 nitrogen and oxygen atoms in total. The maximum atomic E-state index is 13.5. The van der Waals surface area contributed by atoms with Gasteiger partial charge in [-0.2, -0.15) is 0 Å². The van der Waals surface area contributed by atoms with E-state index in [2.05, 4.69) is 21.2 Å². The lowest BCUT2D eigenvalue weighted by Crippen LogP contribution is -2.01. The number of benzene rings is 2. The molecule has 2 aromatic carbocycles. The SMILES string of the molecule is Fc1cc(Br)ccc1NCc1ccc(C(F)F)cc1. The summed E-state index contributed by atoms with van der Waals surface area (Å²) in [6.07, 6.45) is -2.47. The smallest absolute Gasteiger partial charge is 0.263 e. The molecule has 0 aliphatic carbocycles.